The highest BCUT2D eigenvalue weighted by molar-refractivity contribution is 7.89. The largest absolute Gasteiger partial charge is 0.451 e. The molecule has 32 heavy (non-hydrogen) atoms. The smallest absolute Gasteiger partial charge is 0.287 e. The highest BCUT2D eigenvalue weighted by atomic mass is 32.2. The molecular formula is C22H22FN3O5S. The van der Waals surface area contributed by atoms with Crippen LogP contribution in [0.1, 0.15) is 10.6 Å². The summed E-state index contributed by atoms with van der Waals surface area (Å²) in [6, 6.07) is 13.8. The summed E-state index contributed by atoms with van der Waals surface area (Å²) in [5.74, 6) is -1.41. The fourth-order valence-electron chi connectivity index (χ4n) is 3.60. The van der Waals surface area contributed by atoms with Gasteiger partial charge in [-0.1, -0.05) is 12.1 Å². The van der Waals surface area contributed by atoms with E-state index in [2.05, 4.69) is 5.32 Å². The Hall–Kier alpha value is -3.24. The van der Waals surface area contributed by atoms with Crippen LogP contribution in [-0.2, 0) is 10.0 Å². The Morgan fingerprint density at radius 1 is 1.03 bits per heavy atom. The first-order valence-electron chi connectivity index (χ1n) is 10.1. The molecule has 2 heterocycles. The van der Waals surface area contributed by atoms with Crippen molar-refractivity contribution in [3.05, 3.63) is 76.4 Å². The van der Waals surface area contributed by atoms with Crippen molar-refractivity contribution in [1.82, 2.24) is 9.62 Å². The second kappa shape index (κ2) is 9.09. The van der Waals surface area contributed by atoms with Gasteiger partial charge in [0.25, 0.3) is 5.91 Å². The lowest BCUT2D eigenvalue weighted by Gasteiger charge is -2.35. The van der Waals surface area contributed by atoms with Crippen LogP contribution in [0, 0.1) is 5.82 Å². The maximum absolute atomic E-state index is 13.1. The Bertz CT molecular complexity index is 1280. The monoisotopic (exact) mass is 459 g/mol. The minimum Gasteiger partial charge on any atom is -0.451 e. The second-order valence-electron chi connectivity index (χ2n) is 7.41. The molecule has 0 bridgehead atoms. The quantitative estimate of drug-likeness (QED) is 0.604. The second-order valence-corrected chi connectivity index (χ2v) is 9.49. The van der Waals surface area contributed by atoms with Crippen molar-refractivity contribution in [2.45, 2.75) is 0 Å². The third-order valence-corrected chi connectivity index (χ3v) is 7.20. The summed E-state index contributed by atoms with van der Waals surface area (Å²) in [7, 11) is -3.58. The molecule has 2 aromatic carbocycles. The molecule has 1 aliphatic rings. The van der Waals surface area contributed by atoms with Gasteiger partial charge in [-0.05, 0) is 36.4 Å². The highest BCUT2D eigenvalue weighted by Crippen LogP contribution is 2.18. The number of piperazine rings is 1. The van der Waals surface area contributed by atoms with E-state index in [0.29, 0.717) is 31.6 Å². The topological polar surface area (TPSA) is 99.9 Å². The fraction of sp³-hybridized carbons (Fsp3) is 0.273. The summed E-state index contributed by atoms with van der Waals surface area (Å²) in [6.07, 6.45) is 0. The molecule has 0 aliphatic carbocycles. The number of rotatable bonds is 6. The lowest BCUT2D eigenvalue weighted by molar-refractivity contribution is 0.0929. The standard InChI is InChI=1S/C22H22FN3O5S/c23-16-5-7-17(8-6-16)25-10-12-26(13-11-25)32(29,30)14-9-24-22(28)21-15-19(27)18-3-1-2-4-20(18)31-21/h1-8,15H,9-14H2,(H,24,28). The minimum atomic E-state index is -3.58. The number of sulfonamides is 1. The molecule has 4 rings (SSSR count). The van der Waals surface area contributed by atoms with E-state index in [1.165, 1.54) is 16.4 Å². The average molecular weight is 459 g/mol. The molecular weight excluding hydrogens is 437 g/mol. The predicted molar refractivity (Wildman–Crippen MR) is 119 cm³/mol. The zero-order chi connectivity index (χ0) is 22.7. The number of carbonyl (C=O) groups excluding carboxylic acids is 1. The number of para-hydroxylation sites is 1. The number of nitrogens with zero attached hydrogens (tertiary/aromatic N) is 2. The predicted octanol–water partition coefficient (Wildman–Crippen LogP) is 1.81. The van der Waals surface area contributed by atoms with Crippen LogP contribution in [0.2, 0.25) is 0 Å². The number of anilines is 1. The SMILES string of the molecule is O=C(NCCS(=O)(=O)N1CCN(c2ccc(F)cc2)CC1)c1cc(=O)c2ccccc2o1. The molecule has 0 radical (unpaired) electrons. The summed E-state index contributed by atoms with van der Waals surface area (Å²) in [4.78, 5) is 26.5. The number of benzene rings is 2. The van der Waals surface area contributed by atoms with Crippen LogP contribution in [0.5, 0.6) is 0 Å². The van der Waals surface area contributed by atoms with Gasteiger partial charge < -0.3 is 14.6 Å². The lowest BCUT2D eigenvalue weighted by Crippen LogP contribution is -2.50. The molecule has 1 aliphatic heterocycles. The molecule has 1 fully saturated rings. The normalized spacial score (nSPS) is 15.1. The van der Waals surface area contributed by atoms with E-state index >= 15 is 0 Å². The van der Waals surface area contributed by atoms with Gasteiger partial charge in [-0.25, -0.2) is 12.8 Å². The van der Waals surface area contributed by atoms with Gasteiger partial charge in [0.1, 0.15) is 11.4 Å². The van der Waals surface area contributed by atoms with Gasteiger partial charge >= 0.3 is 0 Å². The first kappa shape index (κ1) is 22.0. The summed E-state index contributed by atoms with van der Waals surface area (Å²) >= 11 is 0. The van der Waals surface area contributed by atoms with Crippen molar-refractivity contribution in [1.29, 1.82) is 0 Å². The average Bonchev–Trinajstić information content (AvgIpc) is 2.79. The molecule has 0 spiro atoms. The van der Waals surface area contributed by atoms with Gasteiger partial charge in [-0.2, -0.15) is 4.31 Å². The maximum Gasteiger partial charge on any atom is 0.287 e. The van der Waals surface area contributed by atoms with Crippen molar-refractivity contribution in [2.75, 3.05) is 43.4 Å². The molecule has 1 saturated heterocycles. The van der Waals surface area contributed by atoms with E-state index in [1.807, 2.05) is 4.90 Å². The molecule has 0 atom stereocenters. The van der Waals surface area contributed by atoms with E-state index in [4.69, 9.17) is 4.42 Å². The third-order valence-electron chi connectivity index (χ3n) is 5.33. The Kier molecular flexibility index (Phi) is 6.24. The minimum absolute atomic E-state index is 0.115. The summed E-state index contributed by atoms with van der Waals surface area (Å²) < 4.78 is 45.2. The molecule has 1 aromatic heterocycles. The molecule has 0 saturated carbocycles. The Labute approximate surface area is 184 Å². The Morgan fingerprint density at radius 2 is 1.72 bits per heavy atom. The van der Waals surface area contributed by atoms with Crippen molar-refractivity contribution in [3.63, 3.8) is 0 Å². The molecule has 0 unspecified atom stereocenters. The number of carbonyl (C=O) groups is 1. The van der Waals surface area contributed by atoms with E-state index in [0.717, 1.165) is 11.8 Å². The summed E-state index contributed by atoms with van der Waals surface area (Å²) in [6.45, 7) is 1.45. The van der Waals surface area contributed by atoms with Gasteiger partial charge in [0, 0.05) is 44.5 Å². The number of fused-ring (bicyclic) bond motifs is 1. The van der Waals surface area contributed by atoms with Crippen LogP contribution < -0.4 is 15.6 Å². The van der Waals surface area contributed by atoms with Crippen molar-refractivity contribution in [3.8, 4) is 0 Å². The molecule has 1 N–H and O–H groups in total. The van der Waals surface area contributed by atoms with Gasteiger partial charge in [0.2, 0.25) is 10.0 Å². The molecule has 1 amide bonds. The zero-order valence-corrected chi connectivity index (χ0v) is 18.0. The van der Waals surface area contributed by atoms with E-state index in [1.54, 1.807) is 36.4 Å². The van der Waals surface area contributed by atoms with Crippen LogP contribution in [0.4, 0.5) is 10.1 Å². The summed E-state index contributed by atoms with van der Waals surface area (Å²) in [5.41, 5.74) is 0.785. The first-order valence-corrected chi connectivity index (χ1v) is 11.7. The van der Waals surface area contributed by atoms with Crippen molar-refractivity contribution >= 4 is 32.6 Å². The lowest BCUT2D eigenvalue weighted by atomic mass is 10.2. The number of hydrogen-bond donors (Lipinski definition) is 1. The molecule has 10 heteroatoms. The highest BCUT2D eigenvalue weighted by Gasteiger charge is 2.27. The van der Waals surface area contributed by atoms with Crippen LogP contribution in [0.15, 0.2) is 63.8 Å². The molecule has 8 nitrogen and oxygen atoms in total. The van der Waals surface area contributed by atoms with Crippen LogP contribution in [0.25, 0.3) is 11.0 Å². The maximum atomic E-state index is 13.1. The Balaban J connectivity index is 1.31. The number of halogens is 1. The van der Waals surface area contributed by atoms with Gasteiger partial charge in [-0.15, -0.1) is 0 Å². The van der Waals surface area contributed by atoms with E-state index < -0.39 is 15.9 Å². The molecule has 168 valence electrons. The Morgan fingerprint density at radius 3 is 2.44 bits per heavy atom. The van der Waals surface area contributed by atoms with E-state index in [-0.39, 0.29) is 34.9 Å². The van der Waals surface area contributed by atoms with Gasteiger partial charge in [-0.3, -0.25) is 9.59 Å². The number of amides is 1. The molecule has 3 aromatic rings. The third kappa shape index (κ3) is 4.81. The van der Waals surface area contributed by atoms with Crippen molar-refractivity contribution in [2.24, 2.45) is 0 Å². The summed E-state index contributed by atoms with van der Waals surface area (Å²) in [5, 5.41) is 2.87. The van der Waals surface area contributed by atoms with Gasteiger partial charge in [0.15, 0.2) is 11.2 Å². The van der Waals surface area contributed by atoms with Crippen molar-refractivity contribution < 1.29 is 22.0 Å². The van der Waals surface area contributed by atoms with Crippen LogP contribution >= 0.6 is 0 Å². The zero-order valence-electron chi connectivity index (χ0n) is 17.2. The number of hydrogen-bond acceptors (Lipinski definition) is 6. The van der Waals surface area contributed by atoms with Crippen LogP contribution in [-0.4, -0.2) is 57.1 Å². The number of nitrogens with one attached hydrogen (secondary N) is 1. The van der Waals surface area contributed by atoms with Crippen LogP contribution in [0.3, 0.4) is 0 Å². The van der Waals surface area contributed by atoms with E-state index in [9.17, 15) is 22.4 Å². The first-order chi connectivity index (χ1) is 15.3. The van der Waals surface area contributed by atoms with Gasteiger partial charge in [0.05, 0.1) is 11.1 Å². The fourth-order valence-corrected chi connectivity index (χ4v) is 4.94.